The second-order valence-electron chi connectivity index (χ2n) is 9.49. The van der Waals surface area contributed by atoms with Crippen molar-refractivity contribution in [2.24, 2.45) is 0 Å². The standard InChI is InChI=1S/C24H33N7O3/c1-17(32)28-10-6-20(7-11-28)31-9-3-4-21(31)24-26-23(27-34-24)19-5-8-25-22(16-19)30-14-12-29(13-15-30)18(2)33/h5,8,16,20-21H,3-4,6-7,9-15H2,1-2H3/t21-/m0/s1. The quantitative estimate of drug-likeness (QED) is 0.673. The molecule has 3 aliphatic rings. The summed E-state index contributed by atoms with van der Waals surface area (Å²) in [5, 5.41) is 4.30. The molecule has 0 aliphatic carbocycles. The molecular formula is C24H33N7O3. The molecular weight excluding hydrogens is 434 g/mol. The van der Waals surface area contributed by atoms with Crippen LogP contribution in [0.25, 0.3) is 11.4 Å². The van der Waals surface area contributed by atoms with Gasteiger partial charge in [-0.25, -0.2) is 4.98 Å². The lowest BCUT2D eigenvalue weighted by Gasteiger charge is -2.38. The summed E-state index contributed by atoms with van der Waals surface area (Å²) in [5.74, 6) is 2.41. The number of anilines is 1. The zero-order valence-corrected chi connectivity index (χ0v) is 20.0. The van der Waals surface area contributed by atoms with Gasteiger partial charge in [0.2, 0.25) is 23.5 Å². The highest BCUT2D eigenvalue weighted by atomic mass is 16.5. The molecule has 3 fully saturated rings. The van der Waals surface area contributed by atoms with E-state index >= 15 is 0 Å². The molecule has 0 saturated carbocycles. The van der Waals surface area contributed by atoms with E-state index in [9.17, 15) is 9.59 Å². The molecule has 2 aromatic heterocycles. The smallest absolute Gasteiger partial charge is 0.244 e. The molecule has 1 atom stereocenters. The van der Waals surface area contributed by atoms with Crippen molar-refractivity contribution in [3.8, 4) is 11.4 Å². The molecule has 0 spiro atoms. The number of pyridine rings is 1. The number of carbonyl (C=O) groups excluding carboxylic acids is 2. The summed E-state index contributed by atoms with van der Waals surface area (Å²) in [6.07, 6.45) is 5.88. The number of piperazine rings is 1. The lowest BCUT2D eigenvalue weighted by atomic mass is 10.0. The zero-order valence-electron chi connectivity index (χ0n) is 20.0. The maximum absolute atomic E-state index is 11.7. The van der Waals surface area contributed by atoms with Crippen LogP contribution in [0.2, 0.25) is 0 Å². The fraction of sp³-hybridized carbons (Fsp3) is 0.625. The summed E-state index contributed by atoms with van der Waals surface area (Å²) < 4.78 is 5.76. The Morgan fingerprint density at radius 1 is 0.941 bits per heavy atom. The van der Waals surface area contributed by atoms with Gasteiger partial charge in [-0.15, -0.1) is 0 Å². The second-order valence-corrected chi connectivity index (χ2v) is 9.49. The number of aromatic nitrogens is 3. The van der Waals surface area contributed by atoms with E-state index in [0.717, 1.165) is 69.8 Å². The van der Waals surface area contributed by atoms with Gasteiger partial charge in [-0.05, 0) is 44.4 Å². The third-order valence-electron chi connectivity index (χ3n) is 7.45. The van der Waals surface area contributed by atoms with Crippen LogP contribution in [0.15, 0.2) is 22.9 Å². The number of piperidine rings is 1. The maximum Gasteiger partial charge on any atom is 0.244 e. The fourth-order valence-corrected chi connectivity index (χ4v) is 5.47. The lowest BCUT2D eigenvalue weighted by molar-refractivity contribution is -0.130. The Bertz CT molecular complexity index is 1030. The van der Waals surface area contributed by atoms with Gasteiger partial charge in [0.1, 0.15) is 5.82 Å². The zero-order chi connectivity index (χ0) is 23.7. The van der Waals surface area contributed by atoms with Crippen molar-refractivity contribution in [3.05, 3.63) is 24.2 Å². The molecule has 0 N–H and O–H groups in total. The first-order valence-corrected chi connectivity index (χ1v) is 12.3. The number of hydrogen-bond acceptors (Lipinski definition) is 8. The van der Waals surface area contributed by atoms with E-state index in [4.69, 9.17) is 9.51 Å². The summed E-state index contributed by atoms with van der Waals surface area (Å²) in [5.41, 5.74) is 0.883. The van der Waals surface area contributed by atoms with Crippen molar-refractivity contribution in [3.63, 3.8) is 0 Å². The van der Waals surface area contributed by atoms with Crippen LogP contribution in [0.5, 0.6) is 0 Å². The minimum Gasteiger partial charge on any atom is -0.353 e. The molecule has 0 bridgehead atoms. The van der Waals surface area contributed by atoms with Gasteiger partial charge in [-0.3, -0.25) is 14.5 Å². The monoisotopic (exact) mass is 467 g/mol. The maximum atomic E-state index is 11.7. The third kappa shape index (κ3) is 4.64. The van der Waals surface area contributed by atoms with Crippen LogP contribution < -0.4 is 4.90 Å². The number of nitrogens with zero attached hydrogens (tertiary/aromatic N) is 7. The minimum atomic E-state index is 0.117. The predicted octanol–water partition coefficient (Wildman–Crippen LogP) is 1.95. The Balaban J connectivity index is 1.26. The highest BCUT2D eigenvalue weighted by Gasteiger charge is 2.37. The van der Waals surface area contributed by atoms with Crippen molar-refractivity contribution in [2.75, 3.05) is 50.7 Å². The second kappa shape index (κ2) is 9.69. The van der Waals surface area contributed by atoms with Crippen molar-refractivity contribution in [1.29, 1.82) is 0 Å². The van der Waals surface area contributed by atoms with Gasteiger partial charge < -0.3 is 19.2 Å². The van der Waals surface area contributed by atoms with E-state index in [2.05, 4.69) is 19.9 Å². The highest BCUT2D eigenvalue weighted by molar-refractivity contribution is 5.74. The first-order valence-electron chi connectivity index (χ1n) is 12.3. The van der Waals surface area contributed by atoms with E-state index in [1.54, 1.807) is 20.0 Å². The van der Waals surface area contributed by atoms with Crippen molar-refractivity contribution < 1.29 is 14.1 Å². The molecule has 10 heteroatoms. The van der Waals surface area contributed by atoms with E-state index in [0.29, 0.717) is 30.8 Å². The summed E-state index contributed by atoms with van der Waals surface area (Å²) in [6, 6.07) is 4.49. The number of likely N-dealkylation sites (tertiary alicyclic amines) is 2. The molecule has 2 aromatic rings. The first kappa shape index (κ1) is 22.8. The van der Waals surface area contributed by atoms with Gasteiger partial charge in [0, 0.05) is 70.9 Å². The van der Waals surface area contributed by atoms with Gasteiger partial charge in [0.05, 0.1) is 6.04 Å². The predicted molar refractivity (Wildman–Crippen MR) is 126 cm³/mol. The Labute approximate surface area is 199 Å². The van der Waals surface area contributed by atoms with Crippen LogP contribution in [-0.2, 0) is 9.59 Å². The number of rotatable bonds is 4. The minimum absolute atomic E-state index is 0.117. The number of carbonyl (C=O) groups is 2. The summed E-state index contributed by atoms with van der Waals surface area (Å²) in [7, 11) is 0. The van der Waals surface area contributed by atoms with Crippen LogP contribution >= 0.6 is 0 Å². The molecule has 0 aromatic carbocycles. The summed E-state index contributed by atoms with van der Waals surface area (Å²) in [4.78, 5) is 41.1. The molecule has 3 aliphatic heterocycles. The van der Waals surface area contributed by atoms with E-state index < -0.39 is 0 Å². The van der Waals surface area contributed by atoms with Crippen molar-refractivity contribution in [2.45, 2.75) is 51.6 Å². The normalized spacial score (nSPS) is 22.4. The van der Waals surface area contributed by atoms with Gasteiger partial charge >= 0.3 is 0 Å². The Kier molecular flexibility index (Phi) is 6.49. The lowest BCUT2D eigenvalue weighted by Crippen LogP contribution is -2.48. The Morgan fingerprint density at radius 3 is 2.35 bits per heavy atom. The molecule has 3 saturated heterocycles. The average molecular weight is 468 g/mol. The van der Waals surface area contributed by atoms with Gasteiger partial charge in [-0.2, -0.15) is 4.98 Å². The van der Waals surface area contributed by atoms with Crippen LogP contribution in [0, 0.1) is 0 Å². The molecule has 2 amide bonds. The van der Waals surface area contributed by atoms with Crippen LogP contribution in [0.3, 0.4) is 0 Å². The highest BCUT2D eigenvalue weighted by Crippen LogP contribution is 2.36. The van der Waals surface area contributed by atoms with E-state index in [1.807, 2.05) is 21.9 Å². The summed E-state index contributed by atoms with van der Waals surface area (Å²) in [6.45, 7) is 8.85. The fourth-order valence-electron chi connectivity index (χ4n) is 5.47. The molecule has 182 valence electrons. The topological polar surface area (TPSA) is 98.9 Å². The molecule has 5 heterocycles. The van der Waals surface area contributed by atoms with Crippen LogP contribution in [0.4, 0.5) is 5.82 Å². The SMILES string of the molecule is CC(=O)N1CCC(N2CCC[C@H]2c2nc(-c3ccnc(N4CCN(C(C)=O)CC4)c3)no2)CC1. The van der Waals surface area contributed by atoms with Gasteiger partial charge in [-0.1, -0.05) is 5.16 Å². The molecule has 10 nitrogen and oxygen atoms in total. The average Bonchev–Trinajstić information content (AvgIpc) is 3.54. The Hall–Kier alpha value is -3.01. The molecule has 0 unspecified atom stereocenters. The largest absolute Gasteiger partial charge is 0.353 e. The number of amides is 2. The van der Waals surface area contributed by atoms with Crippen molar-refractivity contribution in [1.82, 2.24) is 29.8 Å². The first-order chi connectivity index (χ1) is 16.5. The van der Waals surface area contributed by atoms with E-state index in [1.165, 1.54) is 0 Å². The van der Waals surface area contributed by atoms with E-state index in [-0.39, 0.29) is 17.9 Å². The molecule has 5 rings (SSSR count). The van der Waals surface area contributed by atoms with Crippen molar-refractivity contribution >= 4 is 17.6 Å². The molecule has 34 heavy (non-hydrogen) atoms. The van der Waals surface area contributed by atoms with Gasteiger partial charge in [0.25, 0.3) is 0 Å². The molecule has 0 radical (unpaired) electrons. The number of hydrogen-bond donors (Lipinski definition) is 0. The third-order valence-corrected chi connectivity index (χ3v) is 7.45. The summed E-state index contributed by atoms with van der Waals surface area (Å²) >= 11 is 0. The Morgan fingerprint density at radius 2 is 1.65 bits per heavy atom. The van der Waals surface area contributed by atoms with Gasteiger partial charge in [0.15, 0.2) is 0 Å². The van der Waals surface area contributed by atoms with Crippen LogP contribution in [-0.4, -0.2) is 93.5 Å². The van der Waals surface area contributed by atoms with Crippen LogP contribution in [0.1, 0.15) is 51.5 Å².